The predicted molar refractivity (Wildman–Crippen MR) is 72.4 cm³/mol. The third-order valence-corrected chi connectivity index (χ3v) is 3.28. The number of hydrogen-bond donors (Lipinski definition) is 0. The molecule has 1 heterocycles. The highest BCUT2D eigenvalue weighted by atomic mass is 79.9. The minimum atomic E-state index is -0.643. The number of carbonyl (C=O) groups excluding carboxylic acids is 1. The summed E-state index contributed by atoms with van der Waals surface area (Å²) in [6.07, 6.45) is 0. The monoisotopic (exact) mass is 342 g/mol. The van der Waals surface area contributed by atoms with Crippen LogP contribution in [0.4, 0.5) is 4.39 Å². The van der Waals surface area contributed by atoms with E-state index in [1.54, 1.807) is 13.8 Å². The van der Waals surface area contributed by atoms with Gasteiger partial charge >= 0.3 is 5.97 Å². The molecule has 2 rings (SSSR count). The van der Waals surface area contributed by atoms with Gasteiger partial charge in [0.1, 0.15) is 11.7 Å². The average molecular weight is 343 g/mol. The first-order chi connectivity index (χ1) is 9.52. The first kappa shape index (κ1) is 14.6. The summed E-state index contributed by atoms with van der Waals surface area (Å²) < 4.78 is 23.5. The van der Waals surface area contributed by atoms with Gasteiger partial charge < -0.3 is 9.26 Å². The Labute approximate surface area is 123 Å². The van der Waals surface area contributed by atoms with Crippen molar-refractivity contribution in [1.82, 2.24) is 10.1 Å². The van der Waals surface area contributed by atoms with E-state index in [2.05, 4.69) is 26.1 Å². The molecule has 0 aliphatic heterocycles. The third-order valence-electron chi connectivity index (χ3n) is 2.62. The largest absolute Gasteiger partial charge is 0.465 e. The van der Waals surface area contributed by atoms with Crippen molar-refractivity contribution in [3.63, 3.8) is 0 Å². The number of hydrogen-bond acceptors (Lipinski definition) is 5. The van der Waals surface area contributed by atoms with Gasteiger partial charge in [-0.15, -0.1) is 0 Å². The lowest BCUT2D eigenvalue weighted by atomic mass is 10.2. The van der Waals surface area contributed by atoms with Crippen molar-refractivity contribution < 1.29 is 18.4 Å². The van der Waals surface area contributed by atoms with Gasteiger partial charge in [-0.3, -0.25) is 4.79 Å². The molecular weight excluding hydrogens is 331 g/mol. The van der Waals surface area contributed by atoms with Gasteiger partial charge in [0.05, 0.1) is 6.61 Å². The highest BCUT2D eigenvalue weighted by Gasteiger charge is 2.24. The molecule has 106 valence electrons. The number of halogens is 2. The van der Waals surface area contributed by atoms with E-state index in [0.29, 0.717) is 10.0 Å². The van der Waals surface area contributed by atoms with Crippen LogP contribution in [0.15, 0.2) is 27.2 Å². The number of rotatable bonds is 4. The van der Waals surface area contributed by atoms with Gasteiger partial charge in [0.25, 0.3) is 0 Å². The van der Waals surface area contributed by atoms with E-state index >= 15 is 0 Å². The predicted octanol–water partition coefficient (Wildman–Crippen LogP) is 3.30. The molecule has 0 N–H and O–H groups in total. The Morgan fingerprint density at radius 3 is 2.95 bits per heavy atom. The van der Waals surface area contributed by atoms with Crippen LogP contribution < -0.4 is 0 Å². The molecule has 0 aliphatic rings. The zero-order chi connectivity index (χ0) is 14.7. The SMILES string of the molecule is CCOC(=O)C(C)c1nc(-c2ccc(F)cc2Br)no1. The van der Waals surface area contributed by atoms with Crippen molar-refractivity contribution in [2.24, 2.45) is 0 Å². The minimum absolute atomic E-state index is 0.162. The number of aromatic nitrogens is 2. The van der Waals surface area contributed by atoms with Crippen LogP contribution in [-0.4, -0.2) is 22.7 Å². The summed E-state index contributed by atoms with van der Waals surface area (Å²) in [7, 11) is 0. The van der Waals surface area contributed by atoms with Gasteiger partial charge in [0.15, 0.2) is 0 Å². The zero-order valence-electron chi connectivity index (χ0n) is 10.9. The maximum absolute atomic E-state index is 13.0. The van der Waals surface area contributed by atoms with Gasteiger partial charge in [-0.1, -0.05) is 5.16 Å². The van der Waals surface area contributed by atoms with Gasteiger partial charge in [0.2, 0.25) is 11.7 Å². The summed E-state index contributed by atoms with van der Waals surface area (Å²) in [6.45, 7) is 3.63. The Bertz CT molecular complexity index is 630. The Morgan fingerprint density at radius 2 is 2.30 bits per heavy atom. The molecule has 1 atom stereocenters. The first-order valence-electron chi connectivity index (χ1n) is 5.98. The molecule has 0 fully saturated rings. The van der Waals surface area contributed by atoms with Crippen LogP contribution in [0.25, 0.3) is 11.4 Å². The maximum atomic E-state index is 13.0. The molecule has 2 aromatic rings. The molecule has 0 saturated heterocycles. The lowest BCUT2D eigenvalue weighted by Crippen LogP contribution is -2.13. The summed E-state index contributed by atoms with van der Waals surface area (Å²) in [6, 6.07) is 4.13. The smallest absolute Gasteiger partial charge is 0.318 e. The Morgan fingerprint density at radius 1 is 1.55 bits per heavy atom. The molecule has 20 heavy (non-hydrogen) atoms. The molecule has 0 spiro atoms. The second-order valence-electron chi connectivity index (χ2n) is 4.05. The lowest BCUT2D eigenvalue weighted by molar-refractivity contribution is -0.145. The zero-order valence-corrected chi connectivity index (χ0v) is 12.5. The van der Waals surface area contributed by atoms with E-state index in [0.717, 1.165) is 0 Å². The molecule has 0 saturated carbocycles. The van der Waals surface area contributed by atoms with Crippen LogP contribution in [0, 0.1) is 5.82 Å². The normalized spacial score (nSPS) is 12.2. The van der Waals surface area contributed by atoms with Crippen molar-refractivity contribution in [2.75, 3.05) is 6.61 Å². The molecule has 1 aromatic heterocycles. The topological polar surface area (TPSA) is 65.2 Å². The van der Waals surface area contributed by atoms with Crippen LogP contribution in [0.2, 0.25) is 0 Å². The second-order valence-corrected chi connectivity index (χ2v) is 4.91. The Kier molecular flexibility index (Phi) is 4.49. The molecule has 7 heteroatoms. The number of carbonyl (C=O) groups is 1. The van der Waals surface area contributed by atoms with Crippen molar-refractivity contribution in [3.8, 4) is 11.4 Å². The number of ether oxygens (including phenoxy) is 1. The van der Waals surface area contributed by atoms with E-state index < -0.39 is 11.9 Å². The van der Waals surface area contributed by atoms with Crippen molar-refractivity contribution in [1.29, 1.82) is 0 Å². The Balaban J connectivity index is 2.26. The van der Waals surface area contributed by atoms with Gasteiger partial charge in [-0.2, -0.15) is 4.98 Å². The average Bonchev–Trinajstić information content (AvgIpc) is 2.87. The fraction of sp³-hybridized carbons (Fsp3) is 0.308. The molecule has 5 nitrogen and oxygen atoms in total. The van der Waals surface area contributed by atoms with Crippen LogP contribution >= 0.6 is 15.9 Å². The number of esters is 1. The van der Waals surface area contributed by atoms with Gasteiger partial charge in [-0.05, 0) is 48.0 Å². The number of nitrogens with zero attached hydrogens (tertiary/aromatic N) is 2. The van der Waals surface area contributed by atoms with Crippen LogP contribution in [-0.2, 0) is 9.53 Å². The second kappa shape index (κ2) is 6.13. The van der Waals surface area contributed by atoms with Crippen molar-refractivity contribution in [3.05, 3.63) is 34.4 Å². The Hall–Kier alpha value is -1.76. The first-order valence-corrected chi connectivity index (χ1v) is 6.78. The summed E-state index contributed by atoms with van der Waals surface area (Å²) in [5, 5.41) is 3.79. The fourth-order valence-corrected chi connectivity index (χ4v) is 2.09. The van der Waals surface area contributed by atoms with E-state index in [1.807, 2.05) is 0 Å². The van der Waals surface area contributed by atoms with E-state index in [1.165, 1.54) is 18.2 Å². The third kappa shape index (κ3) is 3.04. The van der Waals surface area contributed by atoms with E-state index in [9.17, 15) is 9.18 Å². The summed E-state index contributed by atoms with van der Waals surface area (Å²) in [5.74, 6) is -1.00. The molecule has 1 unspecified atom stereocenters. The van der Waals surface area contributed by atoms with Crippen LogP contribution in [0.5, 0.6) is 0 Å². The van der Waals surface area contributed by atoms with Gasteiger partial charge in [-0.25, -0.2) is 4.39 Å². The quantitative estimate of drug-likeness (QED) is 0.797. The molecular formula is C13H12BrFN2O3. The summed E-state index contributed by atoms with van der Waals surface area (Å²) in [4.78, 5) is 15.7. The molecule has 1 aromatic carbocycles. The highest BCUT2D eigenvalue weighted by Crippen LogP contribution is 2.28. The van der Waals surface area contributed by atoms with Crippen molar-refractivity contribution >= 4 is 21.9 Å². The maximum Gasteiger partial charge on any atom is 0.318 e. The van der Waals surface area contributed by atoms with Crippen LogP contribution in [0.1, 0.15) is 25.7 Å². The lowest BCUT2D eigenvalue weighted by Gasteiger charge is -2.04. The van der Waals surface area contributed by atoms with E-state index in [-0.39, 0.29) is 24.1 Å². The van der Waals surface area contributed by atoms with Crippen LogP contribution in [0.3, 0.4) is 0 Å². The highest BCUT2D eigenvalue weighted by molar-refractivity contribution is 9.10. The molecule has 0 bridgehead atoms. The summed E-state index contributed by atoms with van der Waals surface area (Å²) >= 11 is 3.23. The fourth-order valence-electron chi connectivity index (χ4n) is 1.56. The molecule has 0 radical (unpaired) electrons. The van der Waals surface area contributed by atoms with Gasteiger partial charge in [0, 0.05) is 10.0 Å². The number of benzene rings is 1. The molecule has 0 amide bonds. The molecule has 0 aliphatic carbocycles. The van der Waals surface area contributed by atoms with Crippen molar-refractivity contribution in [2.45, 2.75) is 19.8 Å². The summed E-state index contributed by atoms with van der Waals surface area (Å²) in [5.41, 5.74) is 0.581. The minimum Gasteiger partial charge on any atom is -0.465 e. The standard InChI is InChI=1S/C13H12BrFN2O3/c1-3-19-13(18)7(2)12-16-11(17-20-12)9-5-4-8(15)6-10(9)14/h4-7H,3H2,1-2H3. The van der Waals surface area contributed by atoms with E-state index in [4.69, 9.17) is 9.26 Å².